The van der Waals surface area contributed by atoms with E-state index in [2.05, 4.69) is 15.6 Å². The Morgan fingerprint density at radius 1 is 0.889 bits per heavy atom. The van der Waals surface area contributed by atoms with E-state index in [9.17, 15) is 9.59 Å². The summed E-state index contributed by atoms with van der Waals surface area (Å²) in [6.07, 6.45) is 0.547. The number of benzene rings is 3. The molecular weight excluding hydrogens is 458 g/mol. The van der Waals surface area contributed by atoms with Crippen LogP contribution in [-0.2, 0) is 19.7 Å². The van der Waals surface area contributed by atoms with Gasteiger partial charge in [0.05, 0.1) is 12.5 Å². The molecule has 0 spiro atoms. The maximum absolute atomic E-state index is 12.4. The predicted molar refractivity (Wildman–Crippen MR) is 133 cm³/mol. The molecule has 3 aromatic carbocycles. The SMILES string of the molecule is COC(=O)C1(c2ccc(-c3ccc(-c4nonc4NC(=O)O[C@H](C)c4ccccc4)cc3)cc2)CC1. The standard InChI is InChI=1S/C28H25N3O5/c1-18(19-6-4-3-5-7-19)35-27(33)29-25-24(30-36-31-25)22-10-8-20(9-11-22)21-12-14-23(15-13-21)28(16-17-28)26(32)34-2/h3-15,18H,16-17H2,1-2H3,(H,29,31,33)/t18-/m1/s1. The van der Waals surface area contributed by atoms with E-state index in [1.54, 1.807) is 6.92 Å². The first-order chi connectivity index (χ1) is 17.5. The number of hydrogen-bond donors (Lipinski definition) is 1. The van der Waals surface area contributed by atoms with Gasteiger partial charge in [-0.1, -0.05) is 78.9 Å². The molecule has 4 aromatic rings. The molecule has 1 aliphatic rings. The summed E-state index contributed by atoms with van der Waals surface area (Å²) in [6, 6.07) is 25.1. The summed E-state index contributed by atoms with van der Waals surface area (Å²) >= 11 is 0. The zero-order valence-corrected chi connectivity index (χ0v) is 19.9. The summed E-state index contributed by atoms with van der Waals surface area (Å²) in [7, 11) is 1.43. The highest BCUT2D eigenvalue weighted by atomic mass is 16.6. The fourth-order valence-electron chi connectivity index (χ4n) is 4.27. The van der Waals surface area contributed by atoms with E-state index in [4.69, 9.17) is 14.1 Å². The first-order valence-electron chi connectivity index (χ1n) is 11.6. The molecule has 8 nitrogen and oxygen atoms in total. The molecule has 36 heavy (non-hydrogen) atoms. The van der Waals surface area contributed by atoms with Crippen LogP contribution < -0.4 is 5.32 Å². The smallest absolute Gasteiger partial charge is 0.413 e. The van der Waals surface area contributed by atoms with E-state index >= 15 is 0 Å². The van der Waals surface area contributed by atoms with Gasteiger partial charge in [-0.05, 0) is 52.3 Å². The number of nitrogens with one attached hydrogen (secondary N) is 1. The molecule has 0 radical (unpaired) electrons. The van der Waals surface area contributed by atoms with Crippen LogP contribution in [0.5, 0.6) is 0 Å². The monoisotopic (exact) mass is 483 g/mol. The summed E-state index contributed by atoms with van der Waals surface area (Å²) in [5.41, 5.74) is 4.51. The average molecular weight is 484 g/mol. The number of nitrogens with zero attached hydrogens (tertiary/aromatic N) is 2. The zero-order chi connectivity index (χ0) is 25.1. The van der Waals surface area contributed by atoms with Crippen LogP contribution in [0.4, 0.5) is 10.6 Å². The quantitative estimate of drug-likeness (QED) is 0.326. The van der Waals surface area contributed by atoms with Crippen LogP contribution in [0.25, 0.3) is 22.4 Å². The number of anilines is 1. The number of hydrogen-bond acceptors (Lipinski definition) is 7. The van der Waals surface area contributed by atoms with Crippen molar-refractivity contribution in [3.8, 4) is 22.4 Å². The number of rotatable bonds is 7. The largest absolute Gasteiger partial charge is 0.468 e. The minimum Gasteiger partial charge on any atom is -0.468 e. The van der Waals surface area contributed by atoms with Crippen molar-refractivity contribution in [2.24, 2.45) is 0 Å². The van der Waals surface area contributed by atoms with Crippen molar-refractivity contribution in [2.75, 3.05) is 12.4 Å². The third kappa shape index (κ3) is 4.57. The molecule has 1 amide bonds. The fraction of sp³-hybridized carbons (Fsp3) is 0.214. The highest BCUT2D eigenvalue weighted by molar-refractivity contribution is 5.89. The van der Waals surface area contributed by atoms with Crippen molar-refractivity contribution in [3.63, 3.8) is 0 Å². The summed E-state index contributed by atoms with van der Waals surface area (Å²) < 4.78 is 15.3. The number of esters is 1. The molecule has 0 saturated heterocycles. The molecule has 1 atom stereocenters. The van der Waals surface area contributed by atoms with Gasteiger partial charge in [0.2, 0.25) is 5.82 Å². The molecule has 5 rings (SSSR count). The van der Waals surface area contributed by atoms with Crippen molar-refractivity contribution in [1.82, 2.24) is 10.3 Å². The lowest BCUT2D eigenvalue weighted by molar-refractivity contribution is -0.143. The van der Waals surface area contributed by atoms with Crippen LogP contribution in [0.1, 0.15) is 37.0 Å². The number of carbonyl (C=O) groups excluding carboxylic acids is 2. The number of amides is 1. The number of ether oxygens (including phenoxy) is 2. The lowest BCUT2D eigenvalue weighted by Crippen LogP contribution is -2.21. The summed E-state index contributed by atoms with van der Waals surface area (Å²) in [5.74, 6) is -0.00134. The molecule has 1 aromatic heterocycles. The summed E-state index contributed by atoms with van der Waals surface area (Å²) in [5, 5.41) is 10.4. The van der Waals surface area contributed by atoms with Crippen molar-refractivity contribution in [1.29, 1.82) is 0 Å². The van der Waals surface area contributed by atoms with Gasteiger partial charge in [0, 0.05) is 5.56 Å². The topological polar surface area (TPSA) is 104 Å². The second-order valence-electron chi connectivity index (χ2n) is 8.77. The molecule has 1 fully saturated rings. The van der Waals surface area contributed by atoms with Gasteiger partial charge in [0.1, 0.15) is 6.10 Å². The van der Waals surface area contributed by atoms with Gasteiger partial charge >= 0.3 is 12.1 Å². The minimum atomic E-state index is -0.652. The Labute approximate surface area is 208 Å². The Balaban J connectivity index is 1.27. The Hall–Kier alpha value is -4.46. The maximum atomic E-state index is 12.4. The van der Waals surface area contributed by atoms with Crippen LogP contribution in [0.15, 0.2) is 83.5 Å². The molecule has 0 bridgehead atoms. The Bertz CT molecular complexity index is 1360. The normalized spacial score (nSPS) is 14.5. The number of methoxy groups -OCH3 is 1. The van der Waals surface area contributed by atoms with Crippen LogP contribution in [-0.4, -0.2) is 29.5 Å². The first-order valence-corrected chi connectivity index (χ1v) is 11.6. The molecule has 0 unspecified atom stereocenters. The first kappa shape index (κ1) is 23.3. The minimum absolute atomic E-state index is 0.176. The van der Waals surface area contributed by atoms with E-state index in [0.717, 1.165) is 40.7 Å². The lowest BCUT2D eigenvalue weighted by Gasteiger charge is -2.14. The fourth-order valence-corrected chi connectivity index (χ4v) is 4.27. The Morgan fingerprint density at radius 3 is 2.11 bits per heavy atom. The molecule has 1 N–H and O–H groups in total. The second-order valence-corrected chi connectivity index (χ2v) is 8.77. The van der Waals surface area contributed by atoms with E-state index in [-0.39, 0.29) is 11.8 Å². The Morgan fingerprint density at radius 2 is 1.50 bits per heavy atom. The van der Waals surface area contributed by atoms with Crippen LogP contribution in [0, 0.1) is 0 Å². The summed E-state index contributed by atoms with van der Waals surface area (Å²) in [6.45, 7) is 1.79. The molecule has 182 valence electrons. The molecule has 1 saturated carbocycles. The van der Waals surface area contributed by atoms with E-state index < -0.39 is 17.6 Å². The van der Waals surface area contributed by atoms with Gasteiger partial charge in [-0.15, -0.1) is 0 Å². The summed E-state index contributed by atoms with van der Waals surface area (Å²) in [4.78, 5) is 24.5. The van der Waals surface area contributed by atoms with Crippen LogP contribution >= 0.6 is 0 Å². The second kappa shape index (κ2) is 9.65. The lowest BCUT2D eigenvalue weighted by atomic mass is 9.93. The average Bonchev–Trinajstić information content (AvgIpc) is 3.61. The molecular formula is C28H25N3O5. The van der Waals surface area contributed by atoms with E-state index in [1.165, 1.54) is 7.11 Å². The van der Waals surface area contributed by atoms with E-state index in [0.29, 0.717) is 5.69 Å². The van der Waals surface area contributed by atoms with Gasteiger partial charge in [0.15, 0.2) is 5.69 Å². The number of aromatic nitrogens is 2. The van der Waals surface area contributed by atoms with Crippen LogP contribution in [0.3, 0.4) is 0 Å². The van der Waals surface area contributed by atoms with E-state index in [1.807, 2.05) is 78.9 Å². The number of carbonyl (C=O) groups is 2. The van der Waals surface area contributed by atoms with Crippen molar-refractivity contribution in [2.45, 2.75) is 31.3 Å². The van der Waals surface area contributed by atoms with Crippen LogP contribution in [0.2, 0.25) is 0 Å². The third-order valence-corrected chi connectivity index (χ3v) is 6.52. The zero-order valence-electron chi connectivity index (χ0n) is 19.9. The highest BCUT2D eigenvalue weighted by Gasteiger charge is 2.52. The highest BCUT2D eigenvalue weighted by Crippen LogP contribution is 2.49. The van der Waals surface area contributed by atoms with Crippen molar-refractivity contribution < 1.29 is 23.7 Å². The van der Waals surface area contributed by atoms with Crippen molar-refractivity contribution >= 4 is 17.9 Å². The maximum Gasteiger partial charge on any atom is 0.413 e. The van der Waals surface area contributed by atoms with Gasteiger partial charge in [0.25, 0.3) is 0 Å². The van der Waals surface area contributed by atoms with Gasteiger partial charge < -0.3 is 9.47 Å². The molecule has 1 heterocycles. The molecule has 1 aliphatic carbocycles. The third-order valence-electron chi connectivity index (χ3n) is 6.52. The van der Waals surface area contributed by atoms with Gasteiger partial charge in [-0.2, -0.15) is 0 Å². The van der Waals surface area contributed by atoms with Gasteiger partial charge in [-0.25, -0.2) is 9.42 Å². The Kier molecular flexibility index (Phi) is 6.25. The predicted octanol–water partition coefficient (Wildman–Crippen LogP) is 5.92. The molecule has 8 heteroatoms. The molecule has 0 aliphatic heterocycles. The van der Waals surface area contributed by atoms with Gasteiger partial charge in [-0.3, -0.25) is 10.1 Å². The van der Waals surface area contributed by atoms with Crippen molar-refractivity contribution in [3.05, 3.63) is 90.0 Å².